The Bertz CT molecular complexity index is 191. The van der Waals surface area contributed by atoms with Gasteiger partial charge in [0.15, 0.2) is 5.76 Å². The zero-order chi connectivity index (χ0) is 6.81. The molecule has 3 heteroatoms. The van der Waals surface area contributed by atoms with E-state index in [0.29, 0.717) is 0 Å². The number of hydrogen-bond donors (Lipinski definition) is 0. The number of rotatable bonds is 2. The normalized spacial score (nSPS) is 18.8. The SMILES string of the molecule is c1cc(CN2CCC2)on1. The fourth-order valence-electron chi connectivity index (χ4n) is 1.08. The molecule has 0 N–H and O–H groups in total. The van der Waals surface area contributed by atoms with E-state index in [1.807, 2.05) is 6.07 Å². The molecule has 0 amide bonds. The lowest BCUT2D eigenvalue weighted by Crippen LogP contribution is -2.36. The molecule has 2 heterocycles. The first-order valence-electron chi connectivity index (χ1n) is 3.57. The fraction of sp³-hybridized carbons (Fsp3) is 0.571. The van der Waals surface area contributed by atoms with Crippen LogP contribution in [0.5, 0.6) is 0 Å². The first kappa shape index (κ1) is 5.92. The largest absolute Gasteiger partial charge is 0.360 e. The van der Waals surface area contributed by atoms with E-state index in [0.717, 1.165) is 12.3 Å². The van der Waals surface area contributed by atoms with Gasteiger partial charge in [-0.05, 0) is 19.5 Å². The molecule has 2 rings (SSSR count). The van der Waals surface area contributed by atoms with E-state index in [1.165, 1.54) is 19.5 Å². The summed E-state index contributed by atoms with van der Waals surface area (Å²) in [6, 6.07) is 1.92. The summed E-state index contributed by atoms with van der Waals surface area (Å²) < 4.78 is 4.95. The quantitative estimate of drug-likeness (QED) is 0.607. The average molecular weight is 138 g/mol. The van der Waals surface area contributed by atoms with Crippen molar-refractivity contribution in [3.05, 3.63) is 18.0 Å². The molecular weight excluding hydrogens is 128 g/mol. The van der Waals surface area contributed by atoms with Crippen LogP contribution in [0.15, 0.2) is 16.8 Å². The van der Waals surface area contributed by atoms with E-state index in [-0.39, 0.29) is 0 Å². The van der Waals surface area contributed by atoms with Crippen LogP contribution in [0.3, 0.4) is 0 Å². The highest BCUT2D eigenvalue weighted by molar-refractivity contribution is 4.93. The van der Waals surface area contributed by atoms with Gasteiger partial charge >= 0.3 is 0 Å². The molecule has 0 aliphatic carbocycles. The van der Waals surface area contributed by atoms with Gasteiger partial charge < -0.3 is 4.52 Å². The molecule has 1 aromatic rings. The summed E-state index contributed by atoms with van der Waals surface area (Å²) in [6.07, 6.45) is 3.02. The third-order valence-electron chi connectivity index (χ3n) is 1.82. The molecular formula is C7H10N2O. The standard InChI is InChI=1S/C7H10N2O/c1-4-9(5-1)6-7-2-3-8-10-7/h2-3H,1,4-6H2. The van der Waals surface area contributed by atoms with Crippen LogP contribution in [-0.2, 0) is 6.54 Å². The summed E-state index contributed by atoms with van der Waals surface area (Å²) in [6.45, 7) is 3.35. The second-order valence-electron chi connectivity index (χ2n) is 2.61. The molecule has 0 bridgehead atoms. The van der Waals surface area contributed by atoms with E-state index < -0.39 is 0 Å². The molecule has 0 unspecified atom stereocenters. The number of likely N-dealkylation sites (tertiary alicyclic amines) is 1. The third-order valence-corrected chi connectivity index (χ3v) is 1.82. The Hall–Kier alpha value is -0.830. The van der Waals surface area contributed by atoms with Crippen molar-refractivity contribution in [2.75, 3.05) is 13.1 Å². The minimum atomic E-state index is 0.931. The first-order valence-corrected chi connectivity index (χ1v) is 3.57. The highest BCUT2D eigenvalue weighted by atomic mass is 16.5. The molecule has 0 aromatic carbocycles. The van der Waals surface area contributed by atoms with Gasteiger partial charge in [-0.1, -0.05) is 5.16 Å². The molecule has 3 nitrogen and oxygen atoms in total. The smallest absolute Gasteiger partial charge is 0.150 e. The molecule has 0 spiro atoms. The van der Waals surface area contributed by atoms with Gasteiger partial charge in [0.25, 0.3) is 0 Å². The molecule has 1 fully saturated rings. The number of aromatic nitrogens is 1. The van der Waals surface area contributed by atoms with Crippen LogP contribution in [0.4, 0.5) is 0 Å². The lowest BCUT2D eigenvalue weighted by atomic mass is 10.2. The van der Waals surface area contributed by atoms with Crippen molar-refractivity contribution in [2.45, 2.75) is 13.0 Å². The predicted molar refractivity (Wildman–Crippen MR) is 36.4 cm³/mol. The van der Waals surface area contributed by atoms with Gasteiger partial charge in [0.05, 0.1) is 12.7 Å². The summed E-state index contributed by atoms with van der Waals surface area (Å²) in [5.74, 6) is 0.972. The van der Waals surface area contributed by atoms with Crippen LogP contribution in [0.1, 0.15) is 12.2 Å². The minimum Gasteiger partial charge on any atom is -0.360 e. The maximum absolute atomic E-state index is 4.95. The second kappa shape index (κ2) is 2.42. The van der Waals surface area contributed by atoms with E-state index in [2.05, 4.69) is 10.1 Å². The van der Waals surface area contributed by atoms with Crippen LogP contribution in [0.25, 0.3) is 0 Å². The molecule has 1 saturated heterocycles. The average Bonchev–Trinajstić information content (AvgIpc) is 2.29. The van der Waals surface area contributed by atoms with Crippen molar-refractivity contribution in [3.8, 4) is 0 Å². The summed E-state index contributed by atoms with van der Waals surface area (Å²) in [4.78, 5) is 2.33. The topological polar surface area (TPSA) is 29.3 Å². The van der Waals surface area contributed by atoms with Crippen molar-refractivity contribution in [3.63, 3.8) is 0 Å². The van der Waals surface area contributed by atoms with Crippen LogP contribution >= 0.6 is 0 Å². The van der Waals surface area contributed by atoms with Gasteiger partial charge in [-0.25, -0.2) is 0 Å². The van der Waals surface area contributed by atoms with Gasteiger partial charge in [0.2, 0.25) is 0 Å². The fourth-order valence-corrected chi connectivity index (χ4v) is 1.08. The molecule has 1 aliphatic heterocycles. The molecule has 54 valence electrons. The minimum absolute atomic E-state index is 0.931. The maximum atomic E-state index is 4.95. The van der Waals surface area contributed by atoms with Gasteiger partial charge in [-0.2, -0.15) is 0 Å². The summed E-state index contributed by atoms with van der Waals surface area (Å²) in [5.41, 5.74) is 0. The number of nitrogens with zero attached hydrogens (tertiary/aromatic N) is 2. The van der Waals surface area contributed by atoms with Crippen molar-refractivity contribution in [1.82, 2.24) is 10.1 Å². The van der Waals surface area contributed by atoms with E-state index in [9.17, 15) is 0 Å². The Morgan fingerprint density at radius 1 is 1.60 bits per heavy atom. The summed E-state index contributed by atoms with van der Waals surface area (Å²) in [7, 11) is 0. The third kappa shape index (κ3) is 1.04. The van der Waals surface area contributed by atoms with Crippen molar-refractivity contribution < 1.29 is 4.52 Å². The van der Waals surface area contributed by atoms with Crippen LogP contribution in [0.2, 0.25) is 0 Å². The molecule has 10 heavy (non-hydrogen) atoms. The van der Waals surface area contributed by atoms with E-state index >= 15 is 0 Å². The number of hydrogen-bond acceptors (Lipinski definition) is 3. The summed E-state index contributed by atoms with van der Waals surface area (Å²) >= 11 is 0. The molecule has 0 saturated carbocycles. The Kier molecular flexibility index (Phi) is 1.43. The molecule has 0 atom stereocenters. The van der Waals surface area contributed by atoms with Crippen LogP contribution < -0.4 is 0 Å². The lowest BCUT2D eigenvalue weighted by Gasteiger charge is -2.29. The van der Waals surface area contributed by atoms with Gasteiger partial charge in [0.1, 0.15) is 0 Å². The lowest BCUT2D eigenvalue weighted by molar-refractivity contribution is 0.154. The predicted octanol–water partition coefficient (Wildman–Crippen LogP) is 0.880. The highest BCUT2D eigenvalue weighted by Gasteiger charge is 2.14. The Morgan fingerprint density at radius 2 is 2.50 bits per heavy atom. The first-order chi connectivity index (χ1) is 4.95. The highest BCUT2D eigenvalue weighted by Crippen LogP contribution is 2.10. The Morgan fingerprint density at radius 3 is 3.00 bits per heavy atom. The second-order valence-corrected chi connectivity index (χ2v) is 2.61. The van der Waals surface area contributed by atoms with Crippen molar-refractivity contribution in [1.29, 1.82) is 0 Å². The molecule has 1 aliphatic rings. The van der Waals surface area contributed by atoms with E-state index in [4.69, 9.17) is 4.52 Å². The van der Waals surface area contributed by atoms with Crippen LogP contribution in [0, 0.1) is 0 Å². The van der Waals surface area contributed by atoms with Crippen molar-refractivity contribution >= 4 is 0 Å². The van der Waals surface area contributed by atoms with Gasteiger partial charge in [-0.3, -0.25) is 4.90 Å². The molecule has 0 radical (unpaired) electrons. The zero-order valence-electron chi connectivity index (χ0n) is 5.79. The van der Waals surface area contributed by atoms with Crippen LogP contribution in [-0.4, -0.2) is 23.1 Å². The van der Waals surface area contributed by atoms with Gasteiger partial charge in [0, 0.05) is 6.07 Å². The van der Waals surface area contributed by atoms with Crippen molar-refractivity contribution in [2.24, 2.45) is 0 Å². The summed E-state index contributed by atoms with van der Waals surface area (Å²) in [5, 5.41) is 3.63. The van der Waals surface area contributed by atoms with Gasteiger partial charge in [-0.15, -0.1) is 0 Å². The maximum Gasteiger partial charge on any atom is 0.150 e. The molecule has 1 aromatic heterocycles. The Balaban J connectivity index is 1.90. The monoisotopic (exact) mass is 138 g/mol. The van der Waals surface area contributed by atoms with E-state index in [1.54, 1.807) is 6.20 Å². The zero-order valence-corrected chi connectivity index (χ0v) is 5.79. The Labute approximate surface area is 59.6 Å².